The summed E-state index contributed by atoms with van der Waals surface area (Å²) in [5.74, 6) is 2.37. The van der Waals surface area contributed by atoms with Crippen LogP contribution in [0.2, 0.25) is 0 Å². The molecule has 0 radical (unpaired) electrons. The van der Waals surface area contributed by atoms with Crippen LogP contribution in [0.4, 0.5) is 0 Å². The molecule has 0 aliphatic heterocycles. The number of benzene rings is 4. The summed E-state index contributed by atoms with van der Waals surface area (Å²) in [6, 6.07) is 20.5. The Bertz CT molecular complexity index is 3120. The number of aromatic hydroxyl groups is 4. The molecule has 306 valence electrons. The molecule has 13 nitrogen and oxygen atoms in total. The summed E-state index contributed by atoms with van der Waals surface area (Å²) in [7, 11) is 0. The number of phenols is 4. The van der Waals surface area contributed by atoms with Crippen molar-refractivity contribution in [3.8, 4) is 62.9 Å². The molecule has 4 aromatic carbocycles. The van der Waals surface area contributed by atoms with Crippen LogP contribution in [0, 0.1) is 15.5 Å². The molecule has 2 aliphatic rings. The number of H-pyrrole nitrogens is 2. The van der Waals surface area contributed by atoms with E-state index < -0.39 is 0 Å². The van der Waals surface area contributed by atoms with E-state index in [1.165, 1.54) is 25.0 Å². The van der Waals surface area contributed by atoms with Crippen molar-refractivity contribution in [2.45, 2.75) is 78.1 Å². The summed E-state index contributed by atoms with van der Waals surface area (Å²) in [5.41, 5.74) is 5.88. The van der Waals surface area contributed by atoms with E-state index in [-0.39, 0.29) is 41.7 Å². The minimum Gasteiger partial charge on any atom is -0.508 e. The van der Waals surface area contributed by atoms with E-state index in [4.69, 9.17) is 29.2 Å². The van der Waals surface area contributed by atoms with Gasteiger partial charge in [0.25, 0.3) is 5.82 Å². The van der Waals surface area contributed by atoms with Crippen LogP contribution in [0.25, 0.3) is 56.0 Å². The Kier molecular flexibility index (Phi) is 9.13. The van der Waals surface area contributed by atoms with Crippen molar-refractivity contribution in [1.29, 1.82) is 0 Å². The van der Waals surface area contributed by atoms with E-state index in [2.05, 4.69) is 56.6 Å². The van der Waals surface area contributed by atoms with E-state index in [0.717, 1.165) is 58.1 Å². The zero-order valence-electron chi connectivity index (χ0n) is 33.4. The first-order valence-corrected chi connectivity index (χ1v) is 21.2. The van der Waals surface area contributed by atoms with Crippen LogP contribution in [-0.4, -0.2) is 54.1 Å². The number of ether oxygens (including phenoxy) is 1. The Balaban J connectivity index is 1.10. The average molecular weight is 842 g/mol. The van der Waals surface area contributed by atoms with Gasteiger partial charge >= 0.3 is 4.77 Å². The molecule has 2 aliphatic carbocycles. The third-order valence-corrected chi connectivity index (χ3v) is 12.5. The first-order valence-electron chi connectivity index (χ1n) is 20.4. The highest BCUT2D eigenvalue weighted by molar-refractivity contribution is 7.71. The number of aromatic amines is 2. The molecule has 0 bridgehead atoms. The van der Waals surface area contributed by atoms with Gasteiger partial charge in [0, 0.05) is 47.9 Å². The van der Waals surface area contributed by atoms with Gasteiger partial charge in [-0.2, -0.15) is 9.67 Å². The maximum absolute atomic E-state index is 11.5. The molecule has 0 saturated heterocycles. The zero-order valence-corrected chi connectivity index (χ0v) is 35.0. The number of nitrogens with one attached hydrogen (secondary N) is 2. The fourth-order valence-corrected chi connectivity index (χ4v) is 9.08. The standard InChI is InChI=1S/C45H44N8O5S2/c1-4-26-18-32(39(57)20-36(26)54)43-51(48-45(60)53(43)34-7-5-6-33-28(34)14-16-49(33)22-25-8-9-25)23-58-40-13-12-35(29-15-17-50(24(2)3)41(29)40)52-42(46-47-44(52)59)31-19-30(27-10-11-27)37(55)21-38(31)56/h5-7,12-21,24-25,27H,4,8-11,22-23H2,1-3H3,(H5,46,47,48,54,55,56,57,59,60)/p+1. The van der Waals surface area contributed by atoms with E-state index in [9.17, 15) is 20.4 Å². The first kappa shape index (κ1) is 37.9. The van der Waals surface area contributed by atoms with E-state index in [0.29, 0.717) is 56.0 Å². The number of aromatic nitrogens is 8. The first-order chi connectivity index (χ1) is 29.0. The molecule has 0 unspecified atom stereocenters. The molecule has 4 heterocycles. The van der Waals surface area contributed by atoms with Crippen LogP contribution in [-0.2, 0) is 19.7 Å². The third kappa shape index (κ3) is 6.34. The van der Waals surface area contributed by atoms with Gasteiger partial charge in [-0.25, -0.2) is 0 Å². The highest BCUT2D eigenvalue weighted by atomic mass is 32.1. The van der Waals surface area contributed by atoms with Crippen molar-refractivity contribution in [3.63, 3.8) is 0 Å². The molecule has 4 aromatic heterocycles. The lowest BCUT2D eigenvalue weighted by Crippen LogP contribution is -2.34. The van der Waals surface area contributed by atoms with Crippen LogP contribution < -0.4 is 9.30 Å². The maximum Gasteiger partial charge on any atom is 0.328 e. The number of aryl methyl sites for hydroxylation is 1. The number of hydrogen-bond donors (Lipinski definition) is 6. The van der Waals surface area contributed by atoms with Gasteiger partial charge in [-0.05, 0) is 142 Å². The van der Waals surface area contributed by atoms with Crippen molar-refractivity contribution < 1.29 is 29.7 Å². The fourth-order valence-electron chi connectivity index (χ4n) is 8.55. The lowest BCUT2D eigenvalue weighted by atomic mass is 10.0. The van der Waals surface area contributed by atoms with Gasteiger partial charge in [0.1, 0.15) is 34.4 Å². The summed E-state index contributed by atoms with van der Waals surface area (Å²) in [5, 5.41) is 56.6. The third-order valence-electron chi connectivity index (χ3n) is 11.9. The zero-order chi connectivity index (χ0) is 41.6. The van der Waals surface area contributed by atoms with Crippen molar-refractivity contribution >= 4 is 46.2 Å². The van der Waals surface area contributed by atoms with Crippen molar-refractivity contribution in [3.05, 3.63) is 99.8 Å². The highest BCUT2D eigenvalue weighted by Crippen LogP contribution is 2.48. The molecule has 2 saturated carbocycles. The molecular weight excluding hydrogens is 797 g/mol. The van der Waals surface area contributed by atoms with Gasteiger partial charge in [-0.15, -0.1) is 9.78 Å². The fraction of sp³-hybridized carbons (Fsp3) is 0.289. The molecule has 15 heteroatoms. The topological polar surface area (TPSA) is 158 Å². The molecule has 6 N–H and O–H groups in total. The molecule has 10 rings (SSSR count). The quantitative estimate of drug-likeness (QED) is 0.0525. The largest absolute Gasteiger partial charge is 0.508 e. The molecule has 0 atom stereocenters. The van der Waals surface area contributed by atoms with Gasteiger partial charge in [0.15, 0.2) is 10.6 Å². The Labute approximate surface area is 355 Å². The van der Waals surface area contributed by atoms with Crippen LogP contribution in [0.3, 0.4) is 0 Å². The van der Waals surface area contributed by atoms with E-state index >= 15 is 0 Å². The number of fused-ring (bicyclic) bond motifs is 2. The lowest BCUT2D eigenvalue weighted by Gasteiger charge is -2.17. The second-order valence-corrected chi connectivity index (χ2v) is 17.1. The Morgan fingerprint density at radius 2 is 1.63 bits per heavy atom. The SMILES string of the molecule is CCc1cc(-c2n(COc3ccc(-n4c(-c5cc(C6CC6)c(O)cc5O)n[nH]c4=S)c4ccn(C(C)C)c34)[nH]c(=S)[n+]2-c2cccc3c2ccn3CC2CC2)c(O)cc1O. The minimum atomic E-state index is -0.100. The summed E-state index contributed by atoms with van der Waals surface area (Å²) in [6.07, 6.45) is 9.13. The van der Waals surface area contributed by atoms with Gasteiger partial charge in [-0.1, -0.05) is 13.0 Å². The molecule has 0 amide bonds. The van der Waals surface area contributed by atoms with Crippen LogP contribution in [0.1, 0.15) is 69.5 Å². The number of rotatable bonds is 12. The van der Waals surface area contributed by atoms with Gasteiger partial charge in [0.05, 0.1) is 27.8 Å². The molecular formula is C45H45N8O5S2+. The molecule has 2 fully saturated rings. The number of hydrogen-bond acceptors (Lipinski definition) is 8. The smallest absolute Gasteiger partial charge is 0.328 e. The van der Waals surface area contributed by atoms with E-state index in [1.54, 1.807) is 15.3 Å². The van der Waals surface area contributed by atoms with Gasteiger partial charge in [0.2, 0.25) is 6.73 Å². The van der Waals surface area contributed by atoms with E-state index in [1.807, 2.05) is 54.1 Å². The highest BCUT2D eigenvalue weighted by Gasteiger charge is 2.31. The maximum atomic E-state index is 11.5. The Hall–Kier alpha value is -6.32. The number of phenolic OH excluding ortho intramolecular Hbond substituents is 4. The Morgan fingerprint density at radius 1 is 0.867 bits per heavy atom. The average Bonchev–Trinajstić information content (AvgIpc) is 4.07. The van der Waals surface area contributed by atoms with Crippen LogP contribution in [0.5, 0.6) is 28.7 Å². The second-order valence-electron chi connectivity index (χ2n) is 16.3. The van der Waals surface area contributed by atoms with Crippen molar-refractivity contribution in [1.82, 2.24) is 33.7 Å². The molecule has 8 aromatic rings. The summed E-state index contributed by atoms with van der Waals surface area (Å²) >= 11 is 11.9. The monoisotopic (exact) mass is 841 g/mol. The molecule has 60 heavy (non-hydrogen) atoms. The predicted octanol–water partition coefficient (Wildman–Crippen LogP) is 9.60. The van der Waals surface area contributed by atoms with Crippen LogP contribution >= 0.6 is 24.4 Å². The number of nitrogens with zero attached hydrogens (tertiary/aromatic N) is 6. The normalized spacial score (nSPS) is 14.3. The summed E-state index contributed by atoms with van der Waals surface area (Å²) in [4.78, 5) is 0. The summed E-state index contributed by atoms with van der Waals surface area (Å²) in [6.45, 7) is 7.09. The Morgan fingerprint density at radius 3 is 2.38 bits per heavy atom. The van der Waals surface area contributed by atoms with Gasteiger partial charge in [-0.3, -0.25) is 9.67 Å². The van der Waals surface area contributed by atoms with Gasteiger partial charge < -0.3 is 34.3 Å². The van der Waals surface area contributed by atoms with Crippen molar-refractivity contribution in [2.24, 2.45) is 5.92 Å². The van der Waals surface area contributed by atoms with Crippen LogP contribution in [0.15, 0.2) is 79.1 Å². The minimum absolute atomic E-state index is 0.0169. The second kappa shape index (κ2) is 14.4. The lowest BCUT2D eigenvalue weighted by molar-refractivity contribution is -0.590. The molecule has 0 spiro atoms. The van der Waals surface area contributed by atoms with Crippen molar-refractivity contribution in [2.75, 3.05) is 0 Å². The summed E-state index contributed by atoms with van der Waals surface area (Å²) < 4.78 is 17.5. The predicted molar refractivity (Wildman–Crippen MR) is 234 cm³/mol.